The maximum atomic E-state index is 8.99. The molecule has 0 radical (unpaired) electrons. The van der Waals surface area contributed by atoms with Crippen LogP contribution in [0.25, 0.3) is 11.3 Å². The first-order chi connectivity index (χ1) is 8.69. The van der Waals surface area contributed by atoms with E-state index in [0.29, 0.717) is 11.6 Å². The number of rotatable bonds is 4. The Morgan fingerprint density at radius 3 is 2.78 bits per heavy atom. The van der Waals surface area contributed by atoms with Gasteiger partial charge in [-0.3, -0.25) is 0 Å². The van der Waals surface area contributed by atoms with E-state index in [-0.39, 0.29) is 6.61 Å². The average Bonchev–Trinajstić information content (AvgIpc) is 2.65. The van der Waals surface area contributed by atoms with Gasteiger partial charge in [-0.1, -0.05) is 23.7 Å². The molecular formula is C13H15ClN2O2. The third-order valence-electron chi connectivity index (χ3n) is 2.84. The van der Waals surface area contributed by atoms with Crippen LogP contribution in [0.15, 0.2) is 24.3 Å². The molecule has 0 saturated heterocycles. The molecular weight excluding hydrogens is 252 g/mol. The van der Waals surface area contributed by atoms with Crippen molar-refractivity contribution < 1.29 is 9.84 Å². The normalized spacial score (nSPS) is 10.7. The predicted molar refractivity (Wildman–Crippen MR) is 71.0 cm³/mol. The summed E-state index contributed by atoms with van der Waals surface area (Å²) in [5.41, 5.74) is 1.70. The van der Waals surface area contributed by atoms with Crippen LogP contribution in [0.4, 0.5) is 0 Å². The zero-order valence-electron chi connectivity index (χ0n) is 10.4. The molecule has 0 amide bonds. The van der Waals surface area contributed by atoms with Crippen LogP contribution >= 0.6 is 11.6 Å². The molecule has 96 valence electrons. The Morgan fingerprint density at radius 1 is 1.39 bits per heavy atom. The third-order valence-corrected chi connectivity index (χ3v) is 3.11. The number of benzene rings is 1. The van der Waals surface area contributed by atoms with E-state index in [9.17, 15) is 0 Å². The largest absolute Gasteiger partial charge is 0.496 e. The number of hydrogen-bond donors (Lipinski definition) is 1. The minimum atomic E-state index is 0.0482. The van der Waals surface area contributed by atoms with E-state index in [1.54, 1.807) is 7.11 Å². The molecule has 1 aromatic carbocycles. The van der Waals surface area contributed by atoms with Crippen molar-refractivity contribution >= 4 is 11.6 Å². The Morgan fingerprint density at radius 2 is 2.11 bits per heavy atom. The van der Waals surface area contributed by atoms with Gasteiger partial charge in [0.2, 0.25) is 0 Å². The fourth-order valence-corrected chi connectivity index (χ4v) is 2.29. The van der Waals surface area contributed by atoms with Gasteiger partial charge in [0.05, 0.1) is 19.4 Å². The van der Waals surface area contributed by atoms with Crippen LogP contribution in [0.2, 0.25) is 5.15 Å². The molecule has 0 atom stereocenters. The lowest BCUT2D eigenvalue weighted by Gasteiger charge is -2.10. The molecule has 0 aliphatic rings. The van der Waals surface area contributed by atoms with Gasteiger partial charge < -0.3 is 14.4 Å². The topological polar surface area (TPSA) is 47.3 Å². The van der Waals surface area contributed by atoms with E-state index in [1.165, 1.54) is 0 Å². The van der Waals surface area contributed by atoms with Crippen molar-refractivity contribution in [3.63, 3.8) is 0 Å². The first-order valence-electron chi connectivity index (χ1n) is 5.64. The van der Waals surface area contributed by atoms with Crippen LogP contribution in [-0.2, 0) is 13.5 Å². The first-order valence-corrected chi connectivity index (χ1v) is 6.02. The molecule has 1 aromatic heterocycles. The zero-order chi connectivity index (χ0) is 13.1. The number of hydrogen-bond acceptors (Lipinski definition) is 3. The van der Waals surface area contributed by atoms with Crippen molar-refractivity contribution in [3.05, 3.63) is 35.2 Å². The van der Waals surface area contributed by atoms with Gasteiger partial charge in [-0.25, -0.2) is 4.98 Å². The highest BCUT2D eigenvalue weighted by atomic mass is 35.5. The van der Waals surface area contributed by atoms with E-state index in [1.807, 2.05) is 35.9 Å². The highest BCUT2D eigenvalue weighted by molar-refractivity contribution is 6.32. The molecule has 0 unspecified atom stereocenters. The van der Waals surface area contributed by atoms with E-state index in [2.05, 4.69) is 4.98 Å². The van der Waals surface area contributed by atoms with E-state index < -0.39 is 0 Å². The highest BCUT2D eigenvalue weighted by Crippen LogP contribution is 2.34. The highest BCUT2D eigenvalue weighted by Gasteiger charge is 2.17. The van der Waals surface area contributed by atoms with Crippen LogP contribution in [-0.4, -0.2) is 28.4 Å². The summed E-state index contributed by atoms with van der Waals surface area (Å²) < 4.78 is 7.22. The van der Waals surface area contributed by atoms with E-state index in [4.69, 9.17) is 21.4 Å². The van der Waals surface area contributed by atoms with Crippen molar-refractivity contribution in [2.45, 2.75) is 6.42 Å². The van der Waals surface area contributed by atoms with Crippen LogP contribution in [0.1, 0.15) is 5.82 Å². The maximum Gasteiger partial charge on any atom is 0.155 e. The van der Waals surface area contributed by atoms with Gasteiger partial charge in [0, 0.05) is 19.0 Å². The maximum absolute atomic E-state index is 8.99. The fraction of sp³-hybridized carbons (Fsp3) is 0.308. The Bertz CT molecular complexity index is 552. The summed E-state index contributed by atoms with van der Waals surface area (Å²) in [5.74, 6) is 1.50. The number of ether oxygens (including phenoxy) is 1. The van der Waals surface area contributed by atoms with Gasteiger partial charge in [-0.2, -0.15) is 0 Å². The van der Waals surface area contributed by atoms with Crippen molar-refractivity contribution in [1.82, 2.24) is 9.55 Å². The van der Waals surface area contributed by atoms with Gasteiger partial charge >= 0.3 is 0 Å². The van der Waals surface area contributed by atoms with E-state index >= 15 is 0 Å². The molecule has 1 heterocycles. The van der Waals surface area contributed by atoms with E-state index in [0.717, 1.165) is 22.8 Å². The minimum Gasteiger partial charge on any atom is -0.496 e. The summed E-state index contributed by atoms with van der Waals surface area (Å²) in [5, 5.41) is 9.42. The number of para-hydroxylation sites is 1. The molecule has 18 heavy (non-hydrogen) atoms. The Kier molecular flexibility index (Phi) is 3.89. The molecule has 2 aromatic rings. The molecule has 1 N–H and O–H groups in total. The number of aliphatic hydroxyl groups excluding tert-OH is 1. The van der Waals surface area contributed by atoms with Crippen LogP contribution in [0.3, 0.4) is 0 Å². The van der Waals surface area contributed by atoms with Crippen LogP contribution < -0.4 is 4.74 Å². The molecule has 0 spiro atoms. The summed E-state index contributed by atoms with van der Waals surface area (Å²) >= 11 is 6.18. The van der Waals surface area contributed by atoms with Crippen molar-refractivity contribution in [2.75, 3.05) is 13.7 Å². The molecule has 0 aliphatic carbocycles. The summed E-state index contributed by atoms with van der Waals surface area (Å²) in [6, 6.07) is 7.64. The number of aliphatic hydroxyl groups is 1. The standard InChI is InChI=1S/C13H15ClN2O2/c1-16-11(7-8-17)15-13(14)12(16)9-5-3-4-6-10(9)18-2/h3-6,17H,7-8H2,1-2H3. The Hall–Kier alpha value is -1.52. The number of halogens is 1. The molecule has 2 rings (SSSR count). The fourth-order valence-electron chi connectivity index (χ4n) is 1.96. The summed E-state index contributed by atoms with van der Waals surface area (Å²) in [4.78, 5) is 4.26. The first kappa shape index (κ1) is 12.9. The van der Waals surface area contributed by atoms with Gasteiger partial charge in [0.25, 0.3) is 0 Å². The minimum absolute atomic E-state index is 0.0482. The summed E-state index contributed by atoms with van der Waals surface area (Å²) in [6.45, 7) is 0.0482. The SMILES string of the molecule is COc1ccccc1-c1c(Cl)nc(CCO)n1C. The summed E-state index contributed by atoms with van der Waals surface area (Å²) in [7, 11) is 3.50. The lowest BCUT2D eigenvalue weighted by atomic mass is 10.1. The lowest BCUT2D eigenvalue weighted by molar-refractivity contribution is 0.295. The van der Waals surface area contributed by atoms with Crippen LogP contribution in [0, 0.1) is 0 Å². The second kappa shape index (κ2) is 5.42. The number of aromatic nitrogens is 2. The van der Waals surface area contributed by atoms with Gasteiger partial charge in [-0.15, -0.1) is 0 Å². The van der Waals surface area contributed by atoms with Gasteiger partial charge in [0.1, 0.15) is 11.6 Å². The quantitative estimate of drug-likeness (QED) is 0.924. The van der Waals surface area contributed by atoms with Crippen molar-refractivity contribution in [1.29, 1.82) is 0 Å². The molecule has 5 heteroatoms. The smallest absolute Gasteiger partial charge is 0.155 e. The number of imidazole rings is 1. The lowest BCUT2D eigenvalue weighted by Crippen LogP contribution is -2.02. The molecule has 0 bridgehead atoms. The number of nitrogens with zero attached hydrogens (tertiary/aromatic N) is 2. The second-order valence-electron chi connectivity index (χ2n) is 3.90. The third kappa shape index (κ3) is 2.21. The number of methoxy groups -OCH3 is 1. The van der Waals surface area contributed by atoms with Gasteiger partial charge in [-0.05, 0) is 12.1 Å². The van der Waals surface area contributed by atoms with Crippen LogP contribution in [0.5, 0.6) is 5.75 Å². The second-order valence-corrected chi connectivity index (χ2v) is 4.26. The molecule has 0 fully saturated rings. The van der Waals surface area contributed by atoms with Crippen molar-refractivity contribution in [3.8, 4) is 17.0 Å². The van der Waals surface area contributed by atoms with Crippen molar-refractivity contribution in [2.24, 2.45) is 7.05 Å². The molecule has 4 nitrogen and oxygen atoms in total. The van der Waals surface area contributed by atoms with Gasteiger partial charge in [0.15, 0.2) is 5.15 Å². The predicted octanol–water partition coefficient (Wildman–Crippen LogP) is 2.28. The zero-order valence-corrected chi connectivity index (χ0v) is 11.1. The Labute approximate surface area is 111 Å². The monoisotopic (exact) mass is 266 g/mol. The Balaban J connectivity index is 2.57. The molecule has 0 saturated carbocycles. The summed E-state index contributed by atoms with van der Waals surface area (Å²) in [6.07, 6.45) is 0.478. The average molecular weight is 267 g/mol. The molecule has 0 aliphatic heterocycles.